The molecule has 0 aliphatic carbocycles. The highest BCUT2D eigenvalue weighted by Gasteiger charge is 2.22. The Balaban J connectivity index is 2.10. The van der Waals surface area contributed by atoms with Crippen LogP contribution in [0.15, 0.2) is 60.7 Å². The lowest BCUT2D eigenvalue weighted by Crippen LogP contribution is -2.36. The van der Waals surface area contributed by atoms with Crippen LogP contribution in [0.3, 0.4) is 0 Å². The number of nitrogens with one attached hydrogen (secondary N) is 2. The molecule has 2 aromatic carbocycles. The Morgan fingerprint density at radius 3 is 1.84 bits per heavy atom. The topological polar surface area (TPSA) is 58.2 Å². The van der Waals surface area contributed by atoms with E-state index < -0.39 is 0 Å². The maximum absolute atomic E-state index is 12.6. The maximum atomic E-state index is 12.6. The lowest BCUT2D eigenvalue weighted by atomic mass is 9.95. The third-order valence-corrected chi connectivity index (χ3v) is 4.11. The summed E-state index contributed by atoms with van der Waals surface area (Å²) >= 11 is 0. The molecule has 0 aliphatic rings. The van der Waals surface area contributed by atoms with Gasteiger partial charge in [0.25, 0.3) is 0 Å². The van der Waals surface area contributed by atoms with Gasteiger partial charge in [-0.05, 0) is 17.0 Å². The van der Waals surface area contributed by atoms with Crippen molar-refractivity contribution < 1.29 is 9.59 Å². The average Bonchev–Trinajstić information content (AvgIpc) is 2.60. The van der Waals surface area contributed by atoms with Gasteiger partial charge in [0.05, 0.1) is 18.5 Å². The largest absolute Gasteiger partial charge is 0.349 e. The van der Waals surface area contributed by atoms with E-state index in [-0.39, 0.29) is 36.2 Å². The SMILES string of the molecule is CC(=O)NC(CC(=O)NC(c1ccccc1)C(C)C)c1ccccc1. The van der Waals surface area contributed by atoms with Crippen LogP contribution in [-0.4, -0.2) is 11.8 Å². The molecule has 0 aliphatic heterocycles. The number of amides is 2. The van der Waals surface area contributed by atoms with Gasteiger partial charge in [0, 0.05) is 6.92 Å². The molecule has 25 heavy (non-hydrogen) atoms. The van der Waals surface area contributed by atoms with E-state index in [2.05, 4.69) is 24.5 Å². The maximum Gasteiger partial charge on any atom is 0.222 e. The Bertz CT molecular complexity index is 684. The summed E-state index contributed by atoms with van der Waals surface area (Å²) in [6.45, 7) is 5.63. The fraction of sp³-hybridized carbons (Fsp3) is 0.333. The summed E-state index contributed by atoms with van der Waals surface area (Å²) in [6, 6.07) is 19.1. The van der Waals surface area contributed by atoms with Crippen LogP contribution in [0.2, 0.25) is 0 Å². The van der Waals surface area contributed by atoms with Crippen LogP contribution in [0.5, 0.6) is 0 Å². The van der Waals surface area contributed by atoms with Gasteiger partial charge < -0.3 is 10.6 Å². The van der Waals surface area contributed by atoms with Crippen LogP contribution < -0.4 is 10.6 Å². The number of carbonyl (C=O) groups excluding carboxylic acids is 2. The second-order valence-electron chi connectivity index (χ2n) is 6.57. The van der Waals surface area contributed by atoms with E-state index in [9.17, 15) is 9.59 Å². The molecule has 2 rings (SSSR count). The van der Waals surface area contributed by atoms with Crippen molar-refractivity contribution in [2.75, 3.05) is 0 Å². The van der Waals surface area contributed by atoms with E-state index in [1.807, 2.05) is 60.7 Å². The molecule has 0 heterocycles. The monoisotopic (exact) mass is 338 g/mol. The number of rotatable bonds is 7. The molecule has 0 saturated carbocycles. The van der Waals surface area contributed by atoms with Gasteiger partial charge in [0.1, 0.15) is 0 Å². The Hall–Kier alpha value is -2.62. The predicted molar refractivity (Wildman–Crippen MR) is 99.8 cm³/mol. The summed E-state index contributed by atoms with van der Waals surface area (Å²) in [5, 5.41) is 5.99. The summed E-state index contributed by atoms with van der Waals surface area (Å²) in [5.74, 6) is 0.0394. The summed E-state index contributed by atoms with van der Waals surface area (Å²) < 4.78 is 0. The first-order chi connectivity index (χ1) is 12.0. The van der Waals surface area contributed by atoms with Crippen molar-refractivity contribution in [1.29, 1.82) is 0 Å². The quantitative estimate of drug-likeness (QED) is 0.807. The molecule has 0 aromatic heterocycles. The number of carbonyl (C=O) groups is 2. The van der Waals surface area contributed by atoms with Gasteiger partial charge in [0.2, 0.25) is 11.8 Å². The number of benzene rings is 2. The van der Waals surface area contributed by atoms with E-state index in [0.717, 1.165) is 11.1 Å². The van der Waals surface area contributed by atoms with Gasteiger partial charge in [-0.3, -0.25) is 9.59 Å². The average molecular weight is 338 g/mol. The van der Waals surface area contributed by atoms with E-state index in [4.69, 9.17) is 0 Å². The normalized spacial score (nSPS) is 13.1. The molecule has 132 valence electrons. The highest BCUT2D eigenvalue weighted by atomic mass is 16.2. The molecule has 2 amide bonds. The van der Waals surface area contributed by atoms with E-state index in [0.29, 0.717) is 0 Å². The molecule has 0 fully saturated rings. The molecule has 2 aromatic rings. The highest BCUT2D eigenvalue weighted by Crippen LogP contribution is 2.23. The first-order valence-electron chi connectivity index (χ1n) is 8.63. The molecule has 0 bridgehead atoms. The standard InChI is InChI=1S/C21H26N2O2/c1-15(2)21(18-12-8-5-9-13-18)23-20(25)14-19(22-16(3)24)17-10-6-4-7-11-17/h4-13,15,19,21H,14H2,1-3H3,(H,22,24)(H,23,25). The molecule has 4 heteroatoms. The van der Waals surface area contributed by atoms with Gasteiger partial charge in [-0.25, -0.2) is 0 Å². The van der Waals surface area contributed by atoms with Crippen LogP contribution in [0.1, 0.15) is 50.4 Å². The second kappa shape index (κ2) is 9.02. The summed E-state index contributed by atoms with van der Waals surface area (Å²) in [4.78, 5) is 24.2. The Morgan fingerprint density at radius 2 is 1.36 bits per heavy atom. The molecule has 2 atom stereocenters. The number of hydrogen-bond donors (Lipinski definition) is 2. The molecular formula is C21H26N2O2. The predicted octanol–water partition coefficient (Wildman–Crippen LogP) is 3.77. The zero-order valence-corrected chi connectivity index (χ0v) is 15.0. The first-order valence-corrected chi connectivity index (χ1v) is 8.63. The van der Waals surface area contributed by atoms with Crippen molar-refractivity contribution in [1.82, 2.24) is 10.6 Å². The Kier molecular flexibility index (Phi) is 6.75. The van der Waals surface area contributed by atoms with Crippen LogP contribution in [-0.2, 0) is 9.59 Å². The lowest BCUT2D eigenvalue weighted by molar-refractivity contribution is -0.123. The van der Waals surface area contributed by atoms with Crippen LogP contribution in [0.25, 0.3) is 0 Å². The van der Waals surface area contributed by atoms with Crippen LogP contribution >= 0.6 is 0 Å². The minimum Gasteiger partial charge on any atom is -0.349 e. The van der Waals surface area contributed by atoms with Crippen molar-refractivity contribution in [3.63, 3.8) is 0 Å². The molecule has 4 nitrogen and oxygen atoms in total. The minimum absolute atomic E-state index is 0.0533. The molecule has 0 radical (unpaired) electrons. The Labute approximate surface area is 149 Å². The van der Waals surface area contributed by atoms with Gasteiger partial charge in [-0.1, -0.05) is 74.5 Å². The minimum atomic E-state index is -0.331. The molecular weight excluding hydrogens is 312 g/mol. The first kappa shape index (κ1) is 18.7. The fourth-order valence-corrected chi connectivity index (χ4v) is 2.90. The van der Waals surface area contributed by atoms with Gasteiger partial charge in [-0.2, -0.15) is 0 Å². The van der Waals surface area contributed by atoms with E-state index >= 15 is 0 Å². The summed E-state index contributed by atoms with van der Waals surface area (Å²) in [7, 11) is 0. The van der Waals surface area contributed by atoms with Gasteiger partial charge >= 0.3 is 0 Å². The lowest BCUT2D eigenvalue weighted by Gasteiger charge is -2.25. The third kappa shape index (κ3) is 5.75. The molecule has 0 saturated heterocycles. The van der Waals surface area contributed by atoms with Crippen molar-refractivity contribution in [2.24, 2.45) is 5.92 Å². The van der Waals surface area contributed by atoms with Crippen molar-refractivity contribution >= 4 is 11.8 Å². The zero-order valence-electron chi connectivity index (χ0n) is 15.0. The van der Waals surface area contributed by atoms with E-state index in [1.165, 1.54) is 6.92 Å². The van der Waals surface area contributed by atoms with Crippen LogP contribution in [0, 0.1) is 5.92 Å². The zero-order chi connectivity index (χ0) is 18.2. The van der Waals surface area contributed by atoms with Gasteiger partial charge in [-0.15, -0.1) is 0 Å². The smallest absolute Gasteiger partial charge is 0.222 e. The third-order valence-electron chi connectivity index (χ3n) is 4.11. The van der Waals surface area contributed by atoms with Crippen LogP contribution in [0.4, 0.5) is 0 Å². The van der Waals surface area contributed by atoms with Crippen molar-refractivity contribution in [3.8, 4) is 0 Å². The highest BCUT2D eigenvalue weighted by molar-refractivity contribution is 5.79. The number of hydrogen-bond acceptors (Lipinski definition) is 2. The molecule has 2 unspecified atom stereocenters. The molecule has 0 spiro atoms. The summed E-state index contributed by atoms with van der Waals surface area (Å²) in [5.41, 5.74) is 2.01. The summed E-state index contributed by atoms with van der Waals surface area (Å²) in [6.07, 6.45) is 0.208. The van der Waals surface area contributed by atoms with Crippen molar-refractivity contribution in [2.45, 2.75) is 39.3 Å². The van der Waals surface area contributed by atoms with Crippen molar-refractivity contribution in [3.05, 3.63) is 71.8 Å². The fourth-order valence-electron chi connectivity index (χ4n) is 2.90. The molecule has 2 N–H and O–H groups in total. The van der Waals surface area contributed by atoms with Gasteiger partial charge in [0.15, 0.2) is 0 Å². The second-order valence-corrected chi connectivity index (χ2v) is 6.57. The Morgan fingerprint density at radius 1 is 0.840 bits per heavy atom. The van der Waals surface area contributed by atoms with E-state index in [1.54, 1.807) is 0 Å².